The molecule has 0 atom stereocenters. The van der Waals surface area contributed by atoms with Crippen molar-refractivity contribution in [2.45, 2.75) is 168 Å². The summed E-state index contributed by atoms with van der Waals surface area (Å²) in [6.07, 6.45) is 28.6. The molecule has 5 heteroatoms. The van der Waals surface area contributed by atoms with E-state index < -0.39 is 7.82 Å². The first-order valence-corrected chi connectivity index (χ1v) is 16.7. The van der Waals surface area contributed by atoms with Crippen LogP contribution in [0, 0.1) is 0 Å². The molecule has 4 nitrogen and oxygen atoms in total. The maximum absolute atomic E-state index is 13.0. The van der Waals surface area contributed by atoms with Crippen molar-refractivity contribution in [3.63, 3.8) is 0 Å². The van der Waals surface area contributed by atoms with Crippen LogP contribution in [0.3, 0.4) is 0 Å². The first kappa shape index (κ1) is 34.1. The quantitative estimate of drug-likeness (QED) is 0.0750. The van der Waals surface area contributed by atoms with E-state index >= 15 is 0 Å². The van der Waals surface area contributed by atoms with Gasteiger partial charge in [0.1, 0.15) is 0 Å². The van der Waals surface area contributed by atoms with E-state index in [1.54, 1.807) is 0 Å². The van der Waals surface area contributed by atoms with Gasteiger partial charge in [-0.3, -0.25) is 13.6 Å². The second kappa shape index (κ2) is 27.7. The molecule has 34 heavy (non-hydrogen) atoms. The summed E-state index contributed by atoms with van der Waals surface area (Å²) in [6.45, 7) is 8.09. The predicted molar refractivity (Wildman–Crippen MR) is 149 cm³/mol. The molecule has 0 radical (unpaired) electrons. The van der Waals surface area contributed by atoms with Crippen molar-refractivity contribution in [3.8, 4) is 0 Å². The van der Waals surface area contributed by atoms with Crippen molar-refractivity contribution in [3.05, 3.63) is 0 Å². The zero-order valence-electron chi connectivity index (χ0n) is 23.5. The number of hydrogen-bond donors (Lipinski definition) is 0. The number of unbranched alkanes of at least 4 members (excludes halogenated alkanes) is 20. The van der Waals surface area contributed by atoms with Crippen LogP contribution in [0.4, 0.5) is 0 Å². The standard InChI is InChI=1S/C29H61O4P/c1-4-7-10-12-14-16-18-20-22-25-28-32-34(30,31-27-24-9-6-3)33-29-26-23-21-19-17-15-13-11-8-5-2/h4-29H2,1-3H3. The minimum Gasteiger partial charge on any atom is -0.287 e. The molecule has 0 aliphatic heterocycles. The molecular weight excluding hydrogens is 443 g/mol. The maximum atomic E-state index is 13.0. The lowest BCUT2D eigenvalue weighted by Crippen LogP contribution is -2.04. The molecule has 0 fully saturated rings. The van der Waals surface area contributed by atoms with Gasteiger partial charge >= 0.3 is 7.82 Å². The van der Waals surface area contributed by atoms with Crippen molar-refractivity contribution in [2.24, 2.45) is 0 Å². The smallest absolute Gasteiger partial charge is 0.287 e. The van der Waals surface area contributed by atoms with E-state index in [-0.39, 0.29) is 0 Å². The fraction of sp³-hybridized carbons (Fsp3) is 1.00. The largest absolute Gasteiger partial charge is 0.474 e. The van der Waals surface area contributed by atoms with Gasteiger partial charge in [0.15, 0.2) is 0 Å². The lowest BCUT2D eigenvalue weighted by molar-refractivity contribution is 0.108. The Morgan fingerprint density at radius 1 is 0.353 bits per heavy atom. The molecule has 0 spiro atoms. The summed E-state index contributed by atoms with van der Waals surface area (Å²) in [4.78, 5) is 0. The van der Waals surface area contributed by atoms with Crippen molar-refractivity contribution >= 4 is 7.82 Å². The molecule has 0 N–H and O–H groups in total. The van der Waals surface area contributed by atoms with Crippen LogP contribution in [0.5, 0.6) is 0 Å². The molecule has 206 valence electrons. The first-order valence-electron chi connectivity index (χ1n) is 15.2. The summed E-state index contributed by atoms with van der Waals surface area (Å²) in [6, 6.07) is 0. The summed E-state index contributed by atoms with van der Waals surface area (Å²) in [7, 11) is -3.41. The highest BCUT2D eigenvalue weighted by atomic mass is 31.2. The molecule has 0 amide bonds. The highest BCUT2D eigenvalue weighted by molar-refractivity contribution is 7.48. The van der Waals surface area contributed by atoms with E-state index in [9.17, 15) is 4.57 Å². The monoisotopic (exact) mass is 504 g/mol. The zero-order valence-corrected chi connectivity index (χ0v) is 24.4. The number of rotatable bonds is 29. The van der Waals surface area contributed by atoms with E-state index in [1.165, 1.54) is 103 Å². The van der Waals surface area contributed by atoms with Crippen LogP contribution in [-0.4, -0.2) is 19.8 Å². The fourth-order valence-electron chi connectivity index (χ4n) is 4.17. The van der Waals surface area contributed by atoms with Gasteiger partial charge in [0, 0.05) is 0 Å². The molecule has 0 bridgehead atoms. The summed E-state index contributed by atoms with van der Waals surface area (Å²) in [5.74, 6) is 0. The predicted octanol–water partition coefficient (Wildman–Crippen LogP) is 11.2. The van der Waals surface area contributed by atoms with Crippen molar-refractivity contribution in [1.29, 1.82) is 0 Å². The third-order valence-electron chi connectivity index (χ3n) is 6.49. The van der Waals surface area contributed by atoms with Crippen LogP contribution < -0.4 is 0 Å². The van der Waals surface area contributed by atoms with E-state index in [0.717, 1.165) is 44.9 Å². The first-order chi connectivity index (χ1) is 16.7. The molecular formula is C29H61O4P. The number of phosphoric acid groups is 1. The van der Waals surface area contributed by atoms with E-state index in [1.807, 2.05) is 0 Å². The van der Waals surface area contributed by atoms with Crippen LogP contribution in [0.1, 0.15) is 168 Å². The minimum absolute atomic E-state index is 0.460. The van der Waals surface area contributed by atoms with Crippen LogP contribution >= 0.6 is 7.82 Å². The third-order valence-corrected chi connectivity index (χ3v) is 7.99. The van der Waals surface area contributed by atoms with Gasteiger partial charge in [-0.05, 0) is 19.3 Å². The Labute approximate surface area is 214 Å². The van der Waals surface area contributed by atoms with Crippen LogP contribution in [0.25, 0.3) is 0 Å². The van der Waals surface area contributed by atoms with Crippen molar-refractivity contribution < 1.29 is 18.1 Å². The lowest BCUT2D eigenvalue weighted by Gasteiger charge is -2.18. The van der Waals surface area contributed by atoms with Gasteiger partial charge in [0.25, 0.3) is 0 Å². The van der Waals surface area contributed by atoms with Crippen LogP contribution in [-0.2, 0) is 18.1 Å². The zero-order chi connectivity index (χ0) is 25.0. The fourth-order valence-corrected chi connectivity index (χ4v) is 5.45. The average Bonchev–Trinajstić information content (AvgIpc) is 2.84. The van der Waals surface area contributed by atoms with Crippen LogP contribution in [0.15, 0.2) is 0 Å². The van der Waals surface area contributed by atoms with Crippen molar-refractivity contribution in [2.75, 3.05) is 19.8 Å². The minimum atomic E-state index is -3.41. The summed E-state index contributed by atoms with van der Waals surface area (Å²) in [5.41, 5.74) is 0. The van der Waals surface area contributed by atoms with Gasteiger partial charge in [0.2, 0.25) is 0 Å². The molecule has 0 aliphatic carbocycles. The van der Waals surface area contributed by atoms with Gasteiger partial charge in [-0.1, -0.05) is 149 Å². The second-order valence-electron chi connectivity index (χ2n) is 10.0. The molecule has 0 rings (SSSR count). The molecule has 0 aliphatic rings. The molecule has 0 saturated heterocycles. The van der Waals surface area contributed by atoms with E-state index in [0.29, 0.717) is 19.8 Å². The molecule has 0 aromatic rings. The Bertz CT molecular complexity index is 400. The van der Waals surface area contributed by atoms with Crippen LogP contribution in [0.2, 0.25) is 0 Å². The average molecular weight is 505 g/mol. The number of hydrogen-bond acceptors (Lipinski definition) is 4. The Morgan fingerprint density at radius 2 is 0.559 bits per heavy atom. The van der Waals surface area contributed by atoms with Gasteiger partial charge in [-0.25, -0.2) is 4.57 Å². The highest BCUT2D eigenvalue weighted by Gasteiger charge is 2.26. The third kappa shape index (κ3) is 25.2. The summed E-state index contributed by atoms with van der Waals surface area (Å²) >= 11 is 0. The van der Waals surface area contributed by atoms with Gasteiger partial charge in [-0.15, -0.1) is 0 Å². The molecule has 0 saturated carbocycles. The molecule has 0 aromatic carbocycles. The van der Waals surface area contributed by atoms with E-state index in [4.69, 9.17) is 13.6 Å². The Kier molecular flexibility index (Phi) is 27.8. The molecule has 0 unspecified atom stereocenters. The highest BCUT2D eigenvalue weighted by Crippen LogP contribution is 2.50. The summed E-state index contributed by atoms with van der Waals surface area (Å²) in [5, 5.41) is 0. The lowest BCUT2D eigenvalue weighted by atomic mass is 10.1. The van der Waals surface area contributed by atoms with Gasteiger partial charge in [-0.2, -0.15) is 0 Å². The van der Waals surface area contributed by atoms with Gasteiger partial charge < -0.3 is 0 Å². The Hall–Kier alpha value is 0.110. The summed E-state index contributed by atoms with van der Waals surface area (Å²) < 4.78 is 30.0. The maximum Gasteiger partial charge on any atom is 0.474 e. The molecule has 0 aromatic heterocycles. The Balaban J connectivity index is 3.87. The molecule has 0 heterocycles. The topological polar surface area (TPSA) is 44.8 Å². The number of phosphoric ester groups is 1. The SMILES string of the molecule is CCCCCCCCCCCCOP(=O)(OCCCCC)OCCCCCCCCCCCC. The Morgan fingerprint density at radius 3 is 0.853 bits per heavy atom. The normalized spacial score (nSPS) is 12.0. The van der Waals surface area contributed by atoms with Crippen molar-refractivity contribution in [1.82, 2.24) is 0 Å². The van der Waals surface area contributed by atoms with E-state index in [2.05, 4.69) is 20.8 Å². The van der Waals surface area contributed by atoms with Gasteiger partial charge in [0.05, 0.1) is 19.8 Å². The second-order valence-corrected chi connectivity index (χ2v) is 11.7.